The molecule has 1 saturated heterocycles. The van der Waals surface area contributed by atoms with Gasteiger partial charge in [0, 0.05) is 25.6 Å². The van der Waals surface area contributed by atoms with Gasteiger partial charge in [0.05, 0.1) is 13.2 Å². The molecule has 0 aromatic heterocycles. The second-order valence-corrected chi connectivity index (χ2v) is 5.08. The van der Waals surface area contributed by atoms with E-state index in [1.807, 2.05) is 7.05 Å². The van der Waals surface area contributed by atoms with Gasteiger partial charge in [-0.25, -0.2) is 0 Å². The highest BCUT2D eigenvalue weighted by Crippen LogP contribution is 2.15. The van der Waals surface area contributed by atoms with Gasteiger partial charge in [0.25, 0.3) is 0 Å². The van der Waals surface area contributed by atoms with Crippen LogP contribution >= 0.6 is 0 Å². The molecule has 0 bridgehead atoms. The molecular formula is C14H27N3O3. The number of nitrogens with zero attached hydrogens (tertiary/aromatic N) is 1. The summed E-state index contributed by atoms with van der Waals surface area (Å²) in [5.74, 6) is -0.160. The van der Waals surface area contributed by atoms with Gasteiger partial charge < -0.3 is 15.4 Å². The molecule has 0 aliphatic carbocycles. The Bertz CT molecular complexity index is 310. The lowest BCUT2D eigenvalue weighted by Gasteiger charge is -2.23. The van der Waals surface area contributed by atoms with E-state index in [0.717, 1.165) is 25.9 Å². The zero-order valence-corrected chi connectivity index (χ0v) is 12.6. The van der Waals surface area contributed by atoms with E-state index in [1.54, 1.807) is 6.92 Å². The molecule has 1 amide bonds. The molecule has 1 aliphatic heterocycles. The van der Waals surface area contributed by atoms with Crippen LogP contribution in [0, 0.1) is 0 Å². The van der Waals surface area contributed by atoms with Crippen LogP contribution in [0.25, 0.3) is 0 Å². The first kappa shape index (κ1) is 16.9. The van der Waals surface area contributed by atoms with Crippen LogP contribution in [0.2, 0.25) is 0 Å². The molecule has 0 spiro atoms. The van der Waals surface area contributed by atoms with Crippen molar-refractivity contribution in [1.29, 1.82) is 0 Å². The molecule has 0 aromatic rings. The average Bonchev–Trinajstić information content (AvgIpc) is 2.83. The van der Waals surface area contributed by atoms with Gasteiger partial charge in [0.15, 0.2) is 0 Å². The zero-order valence-electron chi connectivity index (χ0n) is 12.6. The fourth-order valence-corrected chi connectivity index (χ4v) is 2.50. The van der Waals surface area contributed by atoms with Crippen LogP contribution in [0.5, 0.6) is 0 Å². The third-order valence-corrected chi connectivity index (χ3v) is 3.47. The third-order valence-electron chi connectivity index (χ3n) is 3.47. The van der Waals surface area contributed by atoms with Gasteiger partial charge in [0.2, 0.25) is 5.91 Å². The summed E-state index contributed by atoms with van der Waals surface area (Å²) in [6.07, 6.45) is 3.30. The number of esters is 1. The first-order valence-electron chi connectivity index (χ1n) is 7.48. The van der Waals surface area contributed by atoms with Crippen LogP contribution < -0.4 is 10.6 Å². The van der Waals surface area contributed by atoms with E-state index in [-0.39, 0.29) is 11.9 Å². The Morgan fingerprint density at radius 2 is 2.20 bits per heavy atom. The first-order chi connectivity index (χ1) is 9.67. The normalized spacial score (nSPS) is 19.0. The standard InChI is InChI=1S/C14H27N3O3/c1-3-20-14(19)7-4-8-16-13(18)11-17-9-5-6-12(17)10-15-2/h12,15H,3-11H2,1-2H3,(H,16,18). The van der Waals surface area contributed by atoms with E-state index in [1.165, 1.54) is 0 Å². The highest BCUT2D eigenvalue weighted by molar-refractivity contribution is 5.78. The van der Waals surface area contributed by atoms with Gasteiger partial charge in [-0.05, 0) is 39.8 Å². The predicted octanol–water partition coefficient (Wildman–Crippen LogP) is 0.130. The Kier molecular flexibility index (Phi) is 8.22. The summed E-state index contributed by atoms with van der Waals surface area (Å²) < 4.78 is 4.83. The topological polar surface area (TPSA) is 70.7 Å². The number of rotatable bonds is 9. The van der Waals surface area contributed by atoms with Crippen molar-refractivity contribution < 1.29 is 14.3 Å². The minimum absolute atomic E-state index is 0.0388. The molecule has 1 rings (SSSR count). The Morgan fingerprint density at radius 3 is 2.90 bits per heavy atom. The van der Waals surface area contributed by atoms with Crippen molar-refractivity contribution in [2.24, 2.45) is 0 Å². The fourth-order valence-electron chi connectivity index (χ4n) is 2.50. The number of hydrogen-bond donors (Lipinski definition) is 2. The summed E-state index contributed by atoms with van der Waals surface area (Å²) in [6, 6.07) is 0.463. The monoisotopic (exact) mass is 285 g/mol. The van der Waals surface area contributed by atoms with E-state index in [9.17, 15) is 9.59 Å². The lowest BCUT2D eigenvalue weighted by atomic mass is 10.2. The molecule has 0 aromatic carbocycles. The van der Waals surface area contributed by atoms with Crippen LogP contribution in [-0.4, -0.2) is 62.7 Å². The Morgan fingerprint density at radius 1 is 1.40 bits per heavy atom. The van der Waals surface area contributed by atoms with E-state index in [2.05, 4.69) is 15.5 Å². The van der Waals surface area contributed by atoms with Crippen molar-refractivity contribution in [1.82, 2.24) is 15.5 Å². The van der Waals surface area contributed by atoms with E-state index in [0.29, 0.717) is 38.6 Å². The maximum absolute atomic E-state index is 11.8. The van der Waals surface area contributed by atoms with Gasteiger partial charge in [-0.2, -0.15) is 0 Å². The molecule has 20 heavy (non-hydrogen) atoms. The molecular weight excluding hydrogens is 258 g/mol. The van der Waals surface area contributed by atoms with Crippen LogP contribution in [0.4, 0.5) is 0 Å². The number of carbonyl (C=O) groups is 2. The van der Waals surface area contributed by atoms with Crippen molar-refractivity contribution >= 4 is 11.9 Å². The van der Waals surface area contributed by atoms with Crippen LogP contribution in [0.3, 0.4) is 0 Å². The van der Waals surface area contributed by atoms with Crippen molar-refractivity contribution in [3.63, 3.8) is 0 Å². The number of hydrogen-bond acceptors (Lipinski definition) is 5. The van der Waals surface area contributed by atoms with Crippen LogP contribution in [0.1, 0.15) is 32.6 Å². The molecule has 1 aliphatic rings. The highest BCUT2D eigenvalue weighted by Gasteiger charge is 2.25. The number of carbonyl (C=O) groups excluding carboxylic acids is 2. The molecule has 1 unspecified atom stereocenters. The number of ether oxygens (including phenoxy) is 1. The minimum Gasteiger partial charge on any atom is -0.466 e. The van der Waals surface area contributed by atoms with Gasteiger partial charge in [-0.1, -0.05) is 0 Å². The number of nitrogens with one attached hydrogen (secondary N) is 2. The summed E-state index contributed by atoms with van der Waals surface area (Å²) >= 11 is 0. The summed E-state index contributed by atoms with van der Waals surface area (Å²) in [6.45, 7) is 5.09. The first-order valence-corrected chi connectivity index (χ1v) is 7.48. The molecule has 0 radical (unpaired) electrons. The van der Waals surface area contributed by atoms with Gasteiger partial charge in [-0.15, -0.1) is 0 Å². The highest BCUT2D eigenvalue weighted by atomic mass is 16.5. The zero-order chi connectivity index (χ0) is 14.8. The summed E-state index contributed by atoms with van der Waals surface area (Å²) in [7, 11) is 1.94. The van der Waals surface area contributed by atoms with Gasteiger partial charge >= 0.3 is 5.97 Å². The van der Waals surface area contributed by atoms with E-state index < -0.39 is 0 Å². The third kappa shape index (κ3) is 6.34. The second-order valence-electron chi connectivity index (χ2n) is 5.08. The van der Waals surface area contributed by atoms with E-state index in [4.69, 9.17) is 4.74 Å². The number of amides is 1. The maximum Gasteiger partial charge on any atom is 0.305 e. The molecule has 2 N–H and O–H groups in total. The molecule has 6 nitrogen and oxygen atoms in total. The molecule has 0 saturated carbocycles. The molecule has 1 atom stereocenters. The maximum atomic E-state index is 11.8. The summed E-state index contributed by atoms with van der Waals surface area (Å²) in [5, 5.41) is 6.03. The molecule has 1 fully saturated rings. The van der Waals surface area contributed by atoms with E-state index >= 15 is 0 Å². The lowest BCUT2D eigenvalue weighted by Crippen LogP contribution is -2.43. The fraction of sp³-hybridized carbons (Fsp3) is 0.857. The molecule has 6 heteroatoms. The summed E-state index contributed by atoms with van der Waals surface area (Å²) in [5.41, 5.74) is 0. The van der Waals surface area contributed by atoms with Crippen molar-refractivity contribution in [3.8, 4) is 0 Å². The number of likely N-dealkylation sites (tertiary alicyclic amines) is 1. The smallest absolute Gasteiger partial charge is 0.305 e. The Labute approximate surface area is 121 Å². The minimum atomic E-state index is -0.199. The molecule has 1 heterocycles. The summed E-state index contributed by atoms with van der Waals surface area (Å²) in [4.78, 5) is 25.2. The van der Waals surface area contributed by atoms with Crippen LogP contribution in [-0.2, 0) is 14.3 Å². The SMILES string of the molecule is CCOC(=O)CCCNC(=O)CN1CCCC1CNC. The van der Waals surface area contributed by atoms with Crippen molar-refractivity contribution in [2.75, 3.05) is 39.8 Å². The average molecular weight is 285 g/mol. The Hall–Kier alpha value is -1.14. The van der Waals surface area contributed by atoms with Gasteiger partial charge in [-0.3, -0.25) is 14.5 Å². The quantitative estimate of drug-likeness (QED) is 0.465. The Balaban J connectivity index is 2.12. The largest absolute Gasteiger partial charge is 0.466 e. The number of likely N-dealkylation sites (N-methyl/N-ethyl adjacent to an activating group) is 1. The van der Waals surface area contributed by atoms with Gasteiger partial charge in [0.1, 0.15) is 0 Å². The van der Waals surface area contributed by atoms with Crippen molar-refractivity contribution in [3.05, 3.63) is 0 Å². The van der Waals surface area contributed by atoms with Crippen LogP contribution in [0.15, 0.2) is 0 Å². The van der Waals surface area contributed by atoms with Crippen molar-refractivity contribution in [2.45, 2.75) is 38.6 Å². The predicted molar refractivity (Wildman–Crippen MR) is 77.4 cm³/mol. The second kappa shape index (κ2) is 9.72. The molecule has 116 valence electrons. The lowest BCUT2D eigenvalue weighted by molar-refractivity contribution is -0.143.